The number of halogens is 1. The molecule has 2 rings (SSSR count). The maximum atomic E-state index is 9.71. The van der Waals surface area contributed by atoms with Crippen molar-refractivity contribution in [3.8, 4) is 0 Å². The van der Waals surface area contributed by atoms with Crippen LogP contribution in [0.5, 0.6) is 0 Å². The first-order valence-corrected chi connectivity index (χ1v) is 6.86. The first-order chi connectivity index (χ1) is 8.54. The van der Waals surface area contributed by atoms with Crippen LogP contribution >= 0.6 is 11.6 Å². The van der Waals surface area contributed by atoms with Crippen molar-refractivity contribution in [1.29, 1.82) is 0 Å². The fraction of sp³-hybridized carbons (Fsp3) is 0.571. The van der Waals surface area contributed by atoms with Gasteiger partial charge in [0.15, 0.2) is 0 Å². The average Bonchev–Trinajstić information content (AvgIpc) is 2.36. The zero-order valence-electron chi connectivity index (χ0n) is 10.7. The molecule has 1 aromatic rings. The lowest BCUT2D eigenvalue weighted by Crippen LogP contribution is -2.45. The third-order valence-electron chi connectivity index (χ3n) is 3.95. The van der Waals surface area contributed by atoms with Crippen LogP contribution in [-0.2, 0) is 0 Å². The van der Waals surface area contributed by atoms with Gasteiger partial charge in [-0.25, -0.2) is 0 Å². The van der Waals surface area contributed by atoms with Gasteiger partial charge in [-0.1, -0.05) is 18.5 Å². The smallest absolute Gasteiger partial charge is 0.0661 e. The van der Waals surface area contributed by atoms with Crippen LogP contribution in [0.2, 0.25) is 5.02 Å². The van der Waals surface area contributed by atoms with Gasteiger partial charge >= 0.3 is 0 Å². The van der Waals surface area contributed by atoms with Crippen molar-refractivity contribution in [2.24, 2.45) is 5.92 Å². The Hall–Kier alpha value is -0.930. The van der Waals surface area contributed by atoms with Crippen molar-refractivity contribution in [3.05, 3.63) is 23.2 Å². The lowest BCUT2D eigenvalue weighted by molar-refractivity contribution is 0.155. The minimum absolute atomic E-state index is 0.141. The maximum Gasteiger partial charge on any atom is 0.0661 e. The topological polar surface area (TPSA) is 58.3 Å². The first-order valence-electron chi connectivity index (χ1n) is 6.49. The average molecular weight is 269 g/mol. The molecule has 0 radical (unpaired) electrons. The Morgan fingerprint density at radius 3 is 2.67 bits per heavy atom. The summed E-state index contributed by atoms with van der Waals surface area (Å²) in [6, 6.07) is 5.43. The second kappa shape index (κ2) is 5.37. The van der Waals surface area contributed by atoms with Crippen LogP contribution in [-0.4, -0.2) is 17.3 Å². The molecular formula is C14H21ClN2O. The normalized spacial score (nSPS) is 28.1. The van der Waals surface area contributed by atoms with Gasteiger partial charge in [0.1, 0.15) is 0 Å². The van der Waals surface area contributed by atoms with E-state index in [1.54, 1.807) is 6.07 Å². The quantitative estimate of drug-likeness (QED) is 0.738. The van der Waals surface area contributed by atoms with Gasteiger partial charge in [0.2, 0.25) is 0 Å². The summed E-state index contributed by atoms with van der Waals surface area (Å²) in [5, 5.41) is 13.8. The second-order valence-corrected chi connectivity index (χ2v) is 5.91. The Bertz CT molecular complexity index is 414. The molecular weight excluding hydrogens is 248 g/mol. The van der Waals surface area contributed by atoms with Crippen LogP contribution in [0.4, 0.5) is 11.4 Å². The Balaban J connectivity index is 2.15. The fourth-order valence-electron chi connectivity index (χ4n) is 2.57. The van der Waals surface area contributed by atoms with Crippen LogP contribution < -0.4 is 11.1 Å². The van der Waals surface area contributed by atoms with Gasteiger partial charge in [-0.05, 0) is 49.8 Å². The highest BCUT2D eigenvalue weighted by atomic mass is 35.5. The van der Waals surface area contributed by atoms with Crippen LogP contribution in [0, 0.1) is 5.92 Å². The summed E-state index contributed by atoms with van der Waals surface area (Å²) < 4.78 is 0. The number of anilines is 2. The van der Waals surface area contributed by atoms with Gasteiger partial charge in [-0.15, -0.1) is 0 Å². The number of nitrogens with one attached hydrogen (secondary N) is 1. The predicted molar refractivity (Wildman–Crippen MR) is 76.9 cm³/mol. The molecule has 1 aromatic carbocycles. The van der Waals surface area contributed by atoms with E-state index < -0.39 is 0 Å². The fourth-order valence-corrected chi connectivity index (χ4v) is 2.75. The Kier molecular flexibility index (Phi) is 4.03. The Labute approximate surface area is 113 Å². The standard InChI is InChI=1S/C14H21ClN2O/c1-10-4-6-14(9-18,7-5-10)17-13-3-2-11(15)8-12(13)16/h2-3,8,10,17-18H,4-7,9,16H2,1H3. The van der Waals surface area contributed by atoms with E-state index in [0.29, 0.717) is 10.7 Å². The summed E-state index contributed by atoms with van der Waals surface area (Å²) in [4.78, 5) is 0. The summed E-state index contributed by atoms with van der Waals surface area (Å²) in [6.45, 7) is 2.40. The van der Waals surface area contributed by atoms with Gasteiger partial charge < -0.3 is 16.2 Å². The highest BCUT2D eigenvalue weighted by molar-refractivity contribution is 6.31. The van der Waals surface area contributed by atoms with Gasteiger partial charge in [-0.3, -0.25) is 0 Å². The second-order valence-electron chi connectivity index (χ2n) is 5.48. The third kappa shape index (κ3) is 2.90. The molecule has 1 fully saturated rings. The van der Waals surface area contributed by atoms with E-state index in [9.17, 15) is 5.11 Å². The van der Waals surface area contributed by atoms with E-state index in [1.165, 1.54) is 0 Å². The number of nitrogen functional groups attached to an aromatic ring is 1. The molecule has 0 aromatic heterocycles. The van der Waals surface area contributed by atoms with Crippen LogP contribution in [0.25, 0.3) is 0 Å². The van der Waals surface area contributed by atoms with Gasteiger partial charge in [0, 0.05) is 5.02 Å². The largest absolute Gasteiger partial charge is 0.397 e. The molecule has 0 bridgehead atoms. The molecule has 0 heterocycles. The maximum absolute atomic E-state index is 9.71. The van der Waals surface area contributed by atoms with E-state index >= 15 is 0 Å². The summed E-state index contributed by atoms with van der Waals surface area (Å²) in [5.41, 5.74) is 7.22. The molecule has 3 nitrogen and oxygen atoms in total. The molecule has 1 saturated carbocycles. The molecule has 4 N–H and O–H groups in total. The SMILES string of the molecule is CC1CCC(CO)(Nc2ccc(Cl)cc2N)CC1. The van der Waals surface area contributed by atoms with Gasteiger partial charge in [0.25, 0.3) is 0 Å². The Morgan fingerprint density at radius 2 is 2.11 bits per heavy atom. The van der Waals surface area contributed by atoms with Crippen molar-refractivity contribution in [2.45, 2.75) is 38.1 Å². The number of hydrogen-bond acceptors (Lipinski definition) is 3. The summed E-state index contributed by atoms with van der Waals surface area (Å²) in [5.74, 6) is 0.744. The zero-order valence-corrected chi connectivity index (χ0v) is 11.5. The van der Waals surface area contributed by atoms with Crippen molar-refractivity contribution >= 4 is 23.0 Å². The predicted octanol–water partition coefficient (Wildman–Crippen LogP) is 3.28. The number of aliphatic hydroxyl groups is 1. The van der Waals surface area contributed by atoms with Crippen molar-refractivity contribution < 1.29 is 5.11 Å². The van der Waals surface area contributed by atoms with Crippen molar-refractivity contribution in [3.63, 3.8) is 0 Å². The van der Waals surface area contributed by atoms with E-state index in [2.05, 4.69) is 12.2 Å². The molecule has 0 amide bonds. The minimum Gasteiger partial charge on any atom is -0.397 e. The number of nitrogens with two attached hydrogens (primary N) is 1. The lowest BCUT2D eigenvalue weighted by atomic mass is 9.77. The van der Waals surface area contributed by atoms with Crippen LogP contribution in [0.3, 0.4) is 0 Å². The molecule has 0 saturated heterocycles. The van der Waals surface area contributed by atoms with Gasteiger partial charge in [0.05, 0.1) is 23.5 Å². The summed E-state index contributed by atoms with van der Waals surface area (Å²) in [6.07, 6.45) is 4.24. The molecule has 0 atom stereocenters. The van der Waals surface area contributed by atoms with Crippen molar-refractivity contribution in [2.75, 3.05) is 17.7 Å². The van der Waals surface area contributed by atoms with E-state index in [-0.39, 0.29) is 12.1 Å². The monoisotopic (exact) mass is 268 g/mol. The molecule has 18 heavy (non-hydrogen) atoms. The van der Waals surface area contributed by atoms with Crippen LogP contribution in [0.15, 0.2) is 18.2 Å². The molecule has 4 heteroatoms. The van der Waals surface area contributed by atoms with E-state index in [1.807, 2.05) is 12.1 Å². The molecule has 100 valence electrons. The summed E-state index contributed by atoms with van der Waals surface area (Å²) >= 11 is 5.89. The lowest BCUT2D eigenvalue weighted by Gasteiger charge is -2.39. The highest BCUT2D eigenvalue weighted by Crippen LogP contribution is 2.36. The third-order valence-corrected chi connectivity index (χ3v) is 4.18. The Morgan fingerprint density at radius 1 is 1.44 bits per heavy atom. The van der Waals surface area contributed by atoms with Crippen LogP contribution in [0.1, 0.15) is 32.6 Å². The molecule has 1 aliphatic rings. The number of benzene rings is 1. The molecule has 0 aliphatic heterocycles. The first kappa shape index (κ1) is 13.5. The molecule has 0 spiro atoms. The minimum atomic E-state index is -0.228. The highest BCUT2D eigenvalue weighted by Gasteiger charge is 2.33. The van der Waals surface area contributed by atoms with E-state index in [4.69, 9.17) is 17.3 Å². The molecule has 0 unspecified atom stereocenters. The number of rotatable bonds is 3. The zero-order chi connectivity index (χ0) is 13.2. The molecule has 1 aliphatic carbocycles. The summed E-state index contributed by atoms with van der Waals surface area (Å²) in [7, 11) is 0. The van der Waals surface area contributed by atoms with E-state index in [0.717, 1.165) is 37.3 Å². The van der Waals surface area contributed by atoms with Crippen molar-refractivity contribution in [1.82, 2.24) is 0 Å². The van der Waals surface area contributed by atoms with Gasteiger partial charge in [-0.2, -0.15) is 0 Å². The number of aliphatic hydroxyl groups excluding tert-OH is 1. The number of hydrogen-bond donors (Lipinski definition) is 3.